The molecule has 0 bridgehead atoms. The predicted molar refractivity (Wildman–Crippen MR) is 40.1 cm³/mol. The van der Waals surface area contributed by atoms with Gasteiger partial charge in [-0.25, -0.2) is 8.78 Å². The van der Waals surface area contributed by atoms with Crippen molar-refractivity contribution in [3.8, 4) is 5.75 Å². The molecule has 0 saturated heterocycles. The van der Waals surface area contributed by atoms with E-state index in [4.69, 9.17) is 0 Å². The number of benzene rings is 1. The first-order valence-corrected chi connectivity index (χ1v) is 4.53. The van der Waals surface area contributed by atoms with E-state index in [1.165, 1.54) is 0 Å². The summed E-state index contributed by atoms with van der Waals surface area (Å²) in [4.78, 5) is 0. The van der Waals surface area contributed by atoms with Gasteiger partial charge in [0.15, 0.2) is 11.6 Å². The van der Waals surface area contributed by atoms with E-state index in [2.05, 4.69) is 9.32 Å². The minimum Gasteiger partial charge on any atom is -0.368 e. The van der Waals surface area contributed by atoms with Crippen LogP contribution in [-0.4, -0.2) is 8.42 Å². The first-order valence-electron chi connectivity index (χ1n) is 3.06. The summed E-state index contributed by atoms with van der Waals surface area (Å²) >= 11 is 0. The summed E-state index contributed by atoms with van der Waals surface area (Å²) in [6, 6.07) is 2.14. The van der Waals surface area contributed by atoms with E-state index in [1.807, 2.05) is 0 Å². The predicted octanol–water partition coefficient (Wildman–Crippen LogP) is 0.547. The van der Waals surface area contributed by atoms with Gasteiger partial charge >= 0.3 is 10.3 Å². The third-order valence-electron chi connectivity index (χ3n) is 1.10. The highest BCUT2D eigenvalue weighted by Gasteiger charge is 2.10. The lowest BCUT2D eigenvalue weighted by Gasteiger charge is -2.02. The highest BCUT2D eigenvalue weighted by Crippen LogP contribution is 2.18. The summed E-state index contributed by atoms with van der Waals surface area (Å²) in [6.45, 7) is 0. The van der Waals surface area contributed by atoms with Gasteiger partial charge in [0, 0.05) is 6.07 Å². The molecule has 0 aliphatic rings. The molecular formula is C6H5F2NO3S. The molecule has 0 saturated carbocycles. The fourth-order valence-corrected chi connectivity index (χ4v) is 1.04. The van der Waals surface area contributed by atoms with Crippen LogP contribution in [0.3, 0.4) is 0 Å². The van der Waals surface area contributed by atoms with Gasteiger partial charge in [-0.15, -0.1) is 0 Å². The van der Waals surface area contributed by atoms with Crippen LogP contribution in [0.2, 0.25) is 0 Å². The number of hydrogen-bond acceptors (Lipinski definition) is 3. The number of rotatable bonds is 2. The minimum atomic E-state index is -4.32. The van der Waals surface area contributed by atoms with Crippen LogP contribution in [0.1, 0.15) is 0 Å². The normalized spacial score (nSPS) is 11.3. The molecule has 72 valence electrons. The fraction of sp³-hybridized carbons (Fsp3) is 0. The van der Waals surface area contributed by atoms with Crippen LogP contribution in [0.4, 0.5) is 8.78 Å². The monoisotopic (exact) mass is 209 g/mol. The van der Waals surface area contributed by atoms with Crippen molar-refractivity contribution in [2.24, 2.45) is 5.14 Å². The standard InChI is InChI=1S/C6H5F2NO3S/c7-4-1-2-5(8)6(3-4)12-13(9,10)11/h1-3H,(H2,9,10,11). The minimum absolute atomic E-state index is 0.583. The summed E-state index contributed by atoms with van der Waals surface area (Å²) in [6.07, 6.45) is 0. The molecule has 0 aliphatic carbocycles. The van der Waals surface area contributed by atoms with Crippen molar-refractivity contribution in [2.45, 2.75) is 0 Å². The highest BCUT2D eigenvalue weighted by molar-refractivity contribution is 7.84. The van der Waals surface area contributed by atoms with Gasteiger partial charge < -0.3 is 4.18 Å². The SMILES string of the molecule is NS(=O)(=O)Oc1cc(F)ccc1F. The Labute approximate surface area is 73.2 Å². The van der Waals surface area contributed by atoms with Gasteiger partial charge in [0.25, 0.3) is 0 Å². The molecule has 4 nitrogen and oxygen atoms in total. The maximum Gasteiger partial charge on any atom is 0.380 e. The molecule has 0 radical (unpaired) electrons. The molecular weight excluding hydrogens is 204 g/mol. The van der Waals surface area contributed by atoms with Crippen LogP contribution in [0.15, 0.2) is 18.2 Å². The van der Waals surface area contributed by atoms with Crippen molar-refractivity contribution in [3.05, 3.63) is 29.8 Å². The molecule has 1 rings (SSSR count). The van der Waals surface area contributed by atoms with Crippen LogP contribution in [0.5, 0.6) is 5.75 Å². The summed E-state index contributed by atoms with van der Waals surface area (Å²) in [5.41, 5.74) is 0. The molecule has 0 aromatic heterocycles. The van der Waals surface area contributed by atoms with E-state index >= 15 is 0 Å². The van der Waals surface area contributed by atoms with Gasteiger partial charge in [0.1, 0.15) is 5.82 Å². The molecule has 0 fully saturated rings. The Hall–Kier alpha value is -1.21. The smallest absolute Gasteiger partial charge is 0.368 e. The molecule has 2 N–H and O–H groups in total. The lowest BCUT2D eigenvalue weighted by atomic mass is 10.3. The average Bonchev–Trinajstić information content (AvgIpc) is 1.94. The van der Waals surface area contributed by atoms with Gasteiger partial charge in [-0.2, -0.15) is 13.6 Å². The van der Waals surface area contributed by atoms with Crippen molar-refractivity contribution in [2.75, 3.05) is 0 Å². The lowest BCUT2D eigenvalue weighted by Crippen LogP contribution is -2.19. The highest BCUT2D eigenvalue weighted by atomic mass is 32.2. The topological polar surface area (TPSA) is 69.4 Å². The van der Waals surface area contributed by atoms with Crippen LogP contribution >= 0.6 is 0 Å². The molecule has 1 aromatic carbocycles. The Bertz CT molecular complexity index is 418. The van der Waals surface area contributed by atoms with Crippen molar-refractivity contribution in [3.63, 3.8) is 0 Å². The van der Waals surface area contributed by atoms with E-state index in [-0.39, 0.29) is 0 Å². The van der Waals surface area contributed by atoms with Crippen LogP contribution < -0.4 is 9.32 Å². The summed E-state index contributed by atoms with van der Waals surface area (Å²) in [5.74, 6) is -2.59. The van der Waals surface area contributed by atoms with Gasteiger partial charge in [-0.1, -0.05) is 0 Å². The molecule has 7 heteroatoms. The zero-order valence-electron chi connectivity index (χ0n) is 6.20. The Balaban J connectivity index is 3.08. The third kappa shape index (κ3) is 2.96. The molecule has 0 aliphatic heterocycles. The van der Waals surface area contributed by atoms with Gasteiger partial charge in [0.2, 0.25) is 0 Å². The molecule has 0 spiro atoms. The average molecular weight is 209 g/mol. The zero-order valence-corrected chi connectivity index (χ0v) is 7.01. The number of halogens is 2. The van der Waals surface area contributed by atoms with Crippen LogP contribution in [-0.2, 0) is 10.3 Å². The second-order valence-corrected chi connectivity index (χ2v) is 3.30. The van der Waals surface area contributed by atoms with Crippen LogP contribution in [0, 0.1) is 11.6 Å². The largest absolute Gasteiger partial charge is 0.380 e. The third-order valence-corrected chi connectivity index (χ3v) is 1.51. The molecule has 13 heavy (non-hydrogen) atoms. The summed E-state index contributed by atoms with van der Waals surface area (Å²) in [5, 5.41) is 4.45. The Morgan fingerprint density at radius 3 is 2.46 bits per heavy atom. The van der Waals surface area contributed by atoms with E-state index in [0.29, 0.717) is 6.07 Å². The Morgan fingerprint density at radius 1 is 1.31 bits per heavy atom. The second kappa shape index (κ2) is 3.27. The lowest BCUT2D eigenvalue weighted by molar-refractivity contribution is 0.458. The van der Waals surface area contributed by atoms with Crippen LogP contribution in [0.25, 0.3) is 0 Å². The molecule has 1 aromatic rings. The Kier molecular flexibility index (Phi) is 2.48. The maximum atomic E-state index is 12.7. The first kappa shape index (κ1) is 9.87. The quantitative estimate of drug-likeness (QED) is 0.773. The first-order chi connectivity index (χ1) is 5.88. The zero-order chi connectivity index (χ0) is 10.1. The number of hydrogen-bond donors (Lipinski definition) is 1. The Morgan fingerprint density at radius 2 is 1.92 bits per heavy atom. The van der Waals surface area contributed by atoms with E-state index in [0.717, 1.165) is 12.1 Å². The van der Waals surface area contributed by atoms with Gasteiger partial charge in [-0.3, -0.25) is 0 Å². The molecule has 0 amide bonds. The number of nitrogens with two attached hydrogens (primary N) is 1. The van der Waals surface area contributed by atoms with Gasteiger partial charge in [0.05, 0.1) is 0 Å². The van der Waals surface area contributed by atoms with Crippen molar-refractivity contribution in [1.29, 1.82) is 0 Å². The van der Waals surface area contributed by atoms with E-state index in [9.17, 15) is 17.2 Å². The van der Waals surface area contributed by atoms with E-state index < -0.39 is 27.7 Å². The molecule has 0 heterocycles. The van der Waals surface area contributed by atoms with Gasteiger partial charge in [-0.05, 0) is 12.1 Å². The van der Waals surface area contributed by atoms with Crippen molar-refractivity contribution < 1.29 is 21.4 Å². The fourth-order valence-electron chi connectivity index (χ4n) is 0.666. The maximum absolute atomic E-state index is 12.7. The van der Waals surface area contributed by atoms with Crippen molar-refractivity contribution in [1.82, 2.24) is 0 Å². The second-order valence-electron chi connectivity index (χ2n) is 2.15. The molecule has 0 atom stereocenters. The summed E-state index contributed by atoms with van der Waals surface area (Å²) in [7, 11) is -4.32. The van der Waals surface area contributed by atoms with Crippen molar-refractivity contribution >= 4 is 10.3 Å². The van der Waals surface area contributed by atoms with E-state index in [1.54, 1.807) is 0 Å². The summed E-state index contributed by atoms with van der Waals surface area (Å²) < 4.78 is 49.7. The molecule has 0 unspecified atom stereocenters.